The number of benzene rings is 8. The Labute approximate surface area is 359 Å². The minimum absolute atomic E-state index is 0.584. The number of aromatic nitrogens is 5. The maximum Gasteiger partial charge on any atom is 0.238 e. The van der Waals surface area contributed by atoms with Gasteiger partial charge in [-0.2, -0.15) is 9.97 Å². The highest BCUT2D eigenvalue weighted by atomic mass is 15.2. The lowest BCUT2D eigenvalue weighted by atomic mass is 9.60. The lowest BCUT2D eigenvalue weighted by Gasteiger charge is -2.20. The summed E-state index contributed by atoms with van der Waals surface area (Å²) in [5, 5.41) is 4.63. The summed E-state index contributed by atoms with van der Waals surface area (Å²) in [5.74, 6) is 1.90. The van der Waals surface area contributed by atoms with E-state index >= 15 is 0 Å². The van der Waals surface area contributed by atoms with E-state index in [1.807, 2.05) is 18.2 Å². The molecule has 8 aromatic carbocycles. The highest BCUT2D eigenvalue weighted by molar-refractivity contribution is 6.68. The third-order valence-corrected chi connectivity index (χ3v) is 13.0. The minimum atomic E-state index is 0.584. The summed E-state index contributed by atoms with van der Waals surface area (Å²) in [4.78, 5) is 16.1. The fraction of sp³-hybridized carbons (Fsp3) is 0. The van der Waals surface area contributed by atoms with Crippen LogP contribution < -0.4 is 27.3 Å². The first-order chi connectivity index (χ1) is 29.9. The van der Waals surface area contributed by atoms with Crippen LogP contribution in [0.2, 0.25) is 0 Å². The number of para-hydroxylation sites is 2. The molecule has 0 amide bonds. The molecule has 3 aromatic heterocycles. The van der Waals surface area contributed by atoms with E-state index in [9.17, 15) is 0 Å². The van der Waals surface area contributed by atoms with Gasteiger partial charge in [0.15, 0.2) is 11.6 Å². The summed E-state index contributed by atoms with van der Waals surface area (Å²) < 4.78 is 4.72. The molecule has 10 heteroatoms. The van der Waals surface area contributed by atoms with Crippen molar-refractivity contribution in [3.05, 3.63) is 170 Å². The van der Waals surface area contributed by atoms with Crippen molar-refractivity contribution in [1.29, 1.82) is 0 Å². The van der Waals surface area contributed by atoms with Crippen LogP contribution in [-0.4, -0.2) is 63.3 Å². The minimum Gasteiger partial charge on any atom is -0.307 e. The Morgan fingerprint density at radius 2 is 0.787 bits per heavy atom. The van der Waals surface area contributed by atoms with Gasteiger partial charge < -0.3 is 4.57 Å². The largest absolute Gasteiger partial charge is 0.307 e. The summed E-state index contributed by atoms with van der Waals surface area (Å²) >= 11 is 0. The molecule has 11 rings (SSSR count). The van der Waals surface area contributed by atoms with Crippen molar-refractivity contribution in [2.75, 3.05) is 0 Å². The van der Waals surface area contributed by atoms with Gasteiger partial charge in [0.2, 0.25) is 5.95 Å². The standard InChI is InChI=1S/C51H38B5N5/c52-42-41(43(53)45(55)46(56)44(42)54)50-57-49(30-15-5-2-6-16-30)58-51(59-50)61-40-24-10-8-22-36(40)38-26-25-37-35-21-7-9-23-39(35)60(47(37)48(38)61)34-20-12-19-33(28-34)32-18-11-17-31(27-32)29-13-3-1-4-14-29/h1-28H,52-56H2. The summed E-state index contributed by atoms with van der Waals surface area (Å²) in [6.07, 6.45) is 0. The fourth-order valence-electron chi connectivity index (χ4n) is 9.44. The third kappa shape index (κ3) is 5.89. The van der Waals surface area contributed by atoms with Crippen molar-refractivity contribution < 1.29 is 0 Å². The van der Waals surface area contributed by atoms with Gasteiger partial charge in [-0.25, -0.2) is 4.98 Å². The van der Waals surface area contributed by atoms with Crippen LogP contribution in [0, 0.1) is 0 Å². The first-order valence-electron chi connectivity index (χ1n) is 21.0. The molecule has 0 aliphatic rings. The summed E-state index contributed by atoms with van der Waals surface area (Å²) in [5.41, 5.74) is 18.3. The molecule has 0 unspecified atom stereocenters. The monoisotopic (exact) mass is 775 g/mol. The van der Waals surface area contributed by atoms with E-state index in [-0.39, 0.29) is 0 Å². The number of rotatable bonds is 6. The number of fused-ring (bicyclic) bond motifs is 7. The van der Waals surface area contributed by atoms with Crippen LogP contribution in [0.4, 0.5) is 0 Å². The molecule has 5 nitrogen and oxygen atoms in total. The van der Waals surface area contributed by atoms with Gasteiger partial charge in [0.25, 0.3) is 0 Å². The van der Waals surface area contributed by atoms with Crippen molar-refractivity contribution in [3.63, 3.8) is 0 Å². The van der Waals surface area contributed by atoms with E-state index in [1.165, 1.54) is 49.4 Å². The second-order valence-electron chi connectivity index (χ2n) is 16.2. The zero-order chi connectivity index (χ0) is 41.4. The van der Waals surface area contributed by atoms with E-state index < -0.39 is 0 Å². The predicted octanol–water partition coefficient (Wildman–Crippen LogP) is 4.03. The molecule has 0 aliphatic carbocycles. The molecule has 11 aromatic rings. The third-order valence-electron chi connectivity index (χ3n) is 13.0. The van der Waals surface area contributed by atoms with Crippen molar-refractivity contribution in [3.8, 4) is 56.7 Å². The highest BCUT2D eigenvalue weighted by Crippen LogP contribution is 2.42. The lowest BCUT2D eigenvalue weighted by molar-refractivity contribution is 0.955. The average molecular weight is 775 g/mol. The Balaban J connectivity index is 1.23. The molecule has 3 heterocycles. The summed E-state index contributed by atoms with van der Waals surface area (Å²) in [6.45, 7) is 0. The van der Waals surface area contributed by atoms with Gasteiger partial charge >= 0.3 is 0 Å². The van der Waals surface area contributed by atoms with E-state index in [0.29, 0.717) is 17.6 Å². The Morgan fingerprint density at radius 3 is 1.43 bits per heavy atom. The van der Waals surface area contributed by atoms with Crippen molar-refractivity contribution in [1.82, 2.24) is 24.1 Å². The van der Waals surface area contributed by atoms with Crippen LogP contribution >= 0.6 is 0 Å². The first-order valence-corrected chi connectivity index (χ1v) is 21.0. The van der Waals surface area contributed by atoms with Gasteiger partial charge in [-0.15, -0.1) is 16.4 Å². The quantitative estimate of drug-likeness (QED) is 0.240. The van der Waals surface area contributed by atoms with E-state index in [2.05, 4.69) is 200 Å². The molecule has 0 saturated heterocycles. The van der Waals surface area contributed by atoms with Crippen LogP contribution in [0.5, 0.6) is 0 Å². The molecule has 0 bridgehead atoms. The van der Waals surface area contributed by atoms with Crippen molar-refractivity contribution in [2.24, 2.45) is 0 Å². The van der Waals surface area contributed by atoms with Gasteiger partial charge in [0.1, 0.15) is 39.2 Å². The summed E-state index contributed by atoms with van der Waals surface area (Å²) in [6, 6.07) is 60.6. The van der Waals surface area contributed by atoms with Crippen molar-refractivity contribution >= 4 is 110 Å². The fourth-order valence-corrected chi connectivity index (χ4v) is 9.44. The maximum atomic E-state index is 5.49. The zero-order valence-corrected chi connectivity index (χ0v) is 34.9. The van der Waals surface area contributed by atoms with Crippen LogP contribution in [0.3, 0.4) is 0 Å². The molecule has 0 radical (unpaired) electrons. The number of hydrogen-bond acceptors (Lipinski definition) is 3. The van der Waals surface area contributed by atoms with E-state index in [0.717, 1.165) is 60.6 Å². The Hall–Kier alpha value is -7.31. The Morgan fingerprint density at radius 1 is 0.328 bits per heavy atom. The van der Waals surface area contributed by atoms with Crippen LogP contribution in [0.25, 0.3) is 100 Å². The normalized spacial score (nSPS) is 11.6. The van der Waals surface area contributed by atoms with E-state index in [1.54, 1.807) is 0 Å². The molecule has 0 fully saturated rings. The van der Waals surface area contributed by atoms with Gasteiger partial charge in [-0.1, -0.05) is 150 Å². The molecule has 282 valence electrons. The molecule has 0 N–H and O–H groups in total. The smallest absolute Gasteiger partial charge is 0.238 e. The van der Waals surface area contributed by atoms with Gasteiger partial charge in [0, 0.05) is 38.4 Å². The second kappa shape index (κ2) is 14.5. The first kappa shape index (κ1) is 36.8. The predicted molar refractivity (Wildman–Crippen MR) is 271 cm³/mol. The molecular formula is C51H38B5N5. The Bertz CT molecular complexity index is 3520. The molecule has 0 aliphatic heterocycles. The van der Waals surface area contributed by atoms with Crippen LogP contribution in [0.15, 0.2) is 170 Å². The van der Waals surface area contributed by atoms with E-state index in [4.69, 9.17) is 15.0 Å². The number of hydrogen-bond donors (Lipinski definition) is 0. The molecule has 0 saturated carbocycles. The van der Waals surface area contributed by atoms with Crippen LogP contribution in [0.1, 0.15) is 0 Å². The zero-order valence-electron chi connectivity index (χ0n) is 34.9. The number of nitrogens with zero attached hydrogens (tertiary/aromatic N) is 5. The average Bonchev–Trinajstić information content (AvgIpc) is 3.84. The topological polar surface area (TPSA) is 48.5 Å². The SMILES string of the molecule is Bc1c(B)c(B)c(-c2nc(-c3ccccc3)nc(-n3c4ccccc4c4ccc5c6ccccc6n(-c6cccc(-c7cccc(-c8ccccc8)c7)c6)c5c43)n2)c(B)c1B. The molecule has 0 atom stereocenters. The lowest BCUT2D eigenvalue weighted by Crippen LogP contribution is -2.55. The van der Waals surface area contributed by atoms with Gasteiger partial charge in [0.05, 0.1) is 22.1 Å². The second-order valence-corrected chi connectivity index (χ2v) is 16.2. The Kier molecular flexibility index (Phi) is 8.71. The van der Waals surface area contributed by atoms with Crippen molar-refractivity contribution in [2.45, 2.75) is 0 Å². The molecule has 0 spiro atoms. The van der Waals surface area contributed by atoms with Crippen LogP contribution in [-0.2, 0) is 0 Å². The summed E-state index contributed by atoms with van der Waals surface area (Å²) in [7, 11) is 11.0. The van der Waals surface area contributed by atoms with Gasteiger partial charge in [-0.3, -0.25) is 4.57 Å². The van der Waals surface area contributed by atoms with Gasteiger partial charge in [-0.05, 0) is 52.6 Å². The molecule has 61 heavy (non-hydrogen) atoms. The molecular weight excluding hydrogens is 737 g/mol. The highest BCUT2D eigenvalue weighted by Gasteiger charge is 2.25. The maximum absolute atomic E-state index is 5.49.